The minimum absolute atomic E-state index is 0.161. The Hall–Kier alpha value is -3.05. The molecule has 0 spiro atoms. The highest BCUT2D eigenvalue weighted by molar-refractivity contribution is 7.15. The Morgan fingerprint density at radius 2 is 1.85 bits per heavy atom. The molecular weight excluding hydrogens is 359 g/mol. The lowest BCUT2D eigenvalue weighted by molar-refractivity contribution is 0.102. The number of hydrogen-bond donors (Lipinski definition) is 1. The molecule has 0 atom stereocenters. The van der Waals surface area contributed by atoms with Gasteiger partial charge in [-0.1, -0.05) is 37.3 Å². The summed E-state index contributed by atoms with van der Waals surface area (Å²) in [4.78, 5) is 19.9. The number of halogens is 1. The van der Waals surface area contributed by atoms with E-state index < -0.39 is 5.82 Å². The molecule has 5 heteroatoms. The first kappa shape index (κ1) is 17.4. The quantitative estimate of drug-likeness (QED) is 0.480. The van der Waals surface area contributed by atoms with Gasteiger partial charge in [-0.15, -0.1) is 11.3 Å². The Balaban J connectivity index is 1.81. The molecule has 0 unspecified atom stereocenters. The average molecular weight is 376 g/mol. The van der Waals surface area contributed by atoms with Crippen LogP contribution in [0, 0.1) is 5.82 Å². The zero-order valence-electron chi connectivity index (χ0n) is 14.7. The van der Waals surface area contributed by atoms with E-state index in [4.69, 9.17) is 4.98 Å². The van der Waals surface area contributed by atoms with Crippen molar-refractivity contribution >= 4 is 33.8 Å². The molecule has 3 nitrogen and oxygen atoms in total. The molecule has 0 aliphatic carbocycles. The van der Waals surface area contributed by atoms with E-state index in [1.165, 1.54) is 10.9 Å². The molecule has 1 N–H and O–H groups in total. The van der Waals surface area contributed by atoms with Gasteiger partial charge in [-0.3, -0.25) is 4.79 Å². The molecule has 2 heterocycles. The number of carbonyl (C=O) groups excluding carboxylic acids is 1. The van der Waals surface area contributed by atoms with Gasteiger partial charge in [0.2, 0.25) is 0 Å². The number of aromatic nitrogens is 1. The van der Waals surface area contributed by atoms with Gasteiger partial charge < -0.3 is 5.32 Å². The number of thiophene rings is 1. The minimum atomic E-state index is -0.463. The first-order chi connectivity index (χ1) is 13.2. The summed E-state index contributed by atoms with van der Waals surface area (Å²) in [7, 11) is 0. The summed E-state index contributed by atoms with van der Waals surface area (Å²) in [5.74, 6) is -0.817. The predicted octanol–water partition coefficient (Wildman–Crippen LogP) is 5.92. The second-order valence-corrected chi connectivity index (χ2v) is 7.29. The van der Waals surface area contributed by atoms with Crippen LogP contribution in [-0.4, -0.2) is 10.9 Å². The van der Waals surface area contributed by atoms with E-state index in [-0.39, 0.29) is 11.6 Å². The highest BCUT2D eigenvalue weighted by Gasteiger charge is 2.16. The van der Waals surface area contributed by atoms with Gasteiger partial charge in [0.1, 0.15) is 5.82 Å². The first-order valence-corrected chi connectivity index (χ1v) is 9.52. The molecular formula is C22H17FN2OS. The SMILES string of the molecule is CCc1ccc(-c2cc(C(=O)Nc3ccccc3F)c3ccccc3n2)s1. The van der Waals surface area contributed by atoms with Gasteiger partial charge in [0.25, 0.3) is 5.91 Å². The summed E-state index contributed by atoms with van der Waals surface area (Å²) < 4.78 is 13.9. The van der Waals surface area contributed by atoms with Gasteiger partial charge in [-0.2, -0.15) is 0 Å². The summed E-state index contributed by atoms with van der Waals surface area (Å²) >= 11 is 1.67. The van der Waals surface area contributed by atoms with Crippen LogP contribution >= 0.6 is 11.3 Å². The molecule has 4 aromatic rings. The van der Waals surface area contributed by atoms with Crippen molar-refractivity contribution in [3.63, 3.8) is 0 Å². The molecule has 134 valence electrons. The van der Waals surface area contributed by atoms with Gasteiger partial charge in [-0.05, 0) is 42.8 Å². The second kappa shape index (κ2) is 7.29. The van der Waals surface area contributed by atoms with Crippen molar-refractivity contribution in [3.05, 3.63) is 83.0 Å². The van der Waals surface area contributed by atoms with Crippen molar-refractivity contribution < 1.29 is 9.18 Å². The molecule has 27 heavy (non-hydrogen) atoms. The number of carbonyl (C=O) groups is 1. The fourth-order valence-corrected chi connectivity index (χ4v) is 3.86. The molecule has 0 saturated carbocycles. The third-order valence-corrected chi connectivity index (χ3v) is 5.60. The normalized spacial score (nSPS) is 10.9. The molecule has 2 aromatic heterocycles. The number of aryl methyl sites for hydroxylation is 1. The van der Waals surface area contributed by atoms with Gasteiger partial charge >= 0.3 is 0 Å². The monoisotopic (exact) mass is 376 g/mol. The molecule has 0 bridgehead atoms. The summed E-state index contributed by atoms with van der Waals surface area (Å²) in [5.41, 5.74) is 2.12. The number of nitrogens with one attached hydrogen (secondary N) is 1. The van der Waals surface area contributed by atoms with Crippen LogP contribution in [0.2, 0.25) is 0 Å². The Kier molecular flexibility index (Phi) is 4.69. The molecule has 2 aromatic carbocycles. The molecule has 4 rings (SSSR count). The van der Waals surface area contributed by atoms with Gasteiger partial charge in [0, 0.05) is 10.3 Å². The van der Waals surface area contributed by atoms with E-state index in [0.717, 1.165) is 27.9 Å². The van der Waals surface area contributed by atoms with Crippen molar-refractivity contribution in [2.24, 2.45) is 0 Å². The average Bonchev–Trinajstić information content (AvgIpc) is 3.18. The van der Waals surface area contributed by atoms with Crippen molar-refractivity contribution in [2.75, 3.05) is 5.32 Å². The van der Waals surface area contributed by atoms with Crippen LogP contribution in [0.25, 0.3) is 21.5 Å². The number of hydrogen-bond acceptors (Lipinski definition) is 3. The van der Waals surface area contributed by atoms with Crippen molar-refractivity contribution in [1.82, 2.24) is 4.98 Å². The van der Waals surface area contributed by atoms with E-state index >= 15 is 0 Å². The number of amides is 1. The number of para-hydroxylation sites is 2. The number of fused-ring (bicyclic) bond motifs is 1. The Labute approximate surface area is 160 Å². The van der Waals surface area contributed by atoms with Crippen LogP contribution in [0.3, 0.4) is 0 Å². The fraction of sp³-hybridized carbons (Fsp3) is 0.0909. The zero-order valence-corrected chi connectivity index (χ0v) is 15.5. The van der Waals surface area contributed by atoms with Gasteiger partial charge in [-0.25, -0.2) is 9.37 Å². The maximum atomic E-state index is 13.9. The van der Waals surface area contributed by atoms with Crippen LogP contribution in [0.15, 0.2) is 66.7 Å². The number of anilines is 1. The zero-order chi connectivity index (χ0) is 18.8. The second-order valence-electron chi connectivity index (χ2n) is 6.13. The van der Waals surface area contributed by atoms with E-state index in [0.29, 0.717) is 5.56 Å². The number of nitrogens with zero attached hydrogens (tertiary/aromatic N) is 1. The van der Waals surface area contributed by atoms with Crippen LogP contribution in [0.5, 0.6) is 0 Å². The van der Waals surface area contributed by atoms with Crippen molar-refractivity contribution in [2.45, 2.75) is 13.3 Å². The van der Waals surface area contributed by atoms with E-state index in [9.17, 15) is 9.18 Å². The van der Waals surface area contributed by atoms with Crippen LogP contribution in [-0.2, 0) is 6.42 Å². The van der Waals surface area contributed by atoms with E-state index in [1.807, 2.05) is 30.3 Å². The highest BCUT2D eigenvalue weighted by Crippen LogP contribution is 2.30. The summed E-state index contributed by atoms with van der Waals surface area (Å²) in [6, 6.07) is 19.5. The summed E-state index contributed by atoms with van der Waals surface area (Å²) in [6.07, 6.45) is 0.957. The number of rotatable bonds is 4. The van der Waals surface area contributed by atoms with E-state index in [2.05, 4.69) is 18.3 Å². The molecule has 0 fully saturated rings. The summed E-state index contributed by atoms with van der Waals surface area (Å²) in [6.45, 7) is 2.11. The molecule has 1 amide bonds. The molecule has 0 radical (unpaired) electrons. The smallest absolute Gasteiger partial charge is 0.256 e. The number of benzene rings is 2. The standard InChI is InChI=1S/C22H17FN2OS/c1-2-14-11-12-21(27-14)20-13-16(15-7-3-5-9-18(15)24-20)22(26)25-19-10-6-4-8-17(19)23/h3-13H,2H2,1H3,(H,25,26). The van der Waals surface area contributed by atoms with Crippen LogP contribution < -0.4 is 5.32 Å². The van der Waals surface area contributed by atoms with Crippen LogP contribution in [0.4, 0.5) is 10.1 Å². The lowest BCUT2D eigenvalue weighted by Crippen LogP contribution is -2.14. The van der Waals surface area contributed by atoms with Gasteiger partial charge in [0.05, 0.1) is 27.3 Å². The molecule has 0 saturated heterocycles. The fourth-order valence-electron chi connectivity index (χ4n) is 2.95. The Morgan fingerprint density at radius 3 is 2.63 bits per heavy atom. The Morgan fingerprint density at radius 1 is 1.07 bits per heavy atom. The largest absolute Gasteiger partial charge is 0.319 e. The lowest BCUT2D eigenvalue weighted by Gasteiger charge is -2.10. The minimum Gasteiger partial charge on any atom is -0.319 e. The summed E-state index contributed by atoms with van der Waals surface area (Å²) in [5, 5.41) is 3.41. The van der Waals surface area contributed by atoms with Crippen LogP contribution in [0.1, 0.15) is 22.2 Å². The topological polar surface area (TPSA) is 42.0 Å². The van der Waals surface area contributed by atoms with Crippen molar-refractivity contribution in [3.8, 4) is 10.6 Å². The van der Waals surface area contributed by atoms with Crippen molar-refractivity contribution in [1.29, 1.82) is 0 Å². The lowest BCUT2D eigenvalue weighted by atomic mass is 10.1. The third-order valence-electron chi connectivity index (χ3n) is 4.35. The Bertz CT molecular complexity index is 1140. The molecule has 0 aliphatic heterocycles. The third kappa shape index (κ3) is 3.46. The number of pyridine rings is 1. The maximum absolute atomic E-state index is 13.9. The highest BCUT2D eigenvalue weighted by atomic mass is 32.1. The van der Waals surface area contributed by atoms with E-state index in [1.54, 1.807) is 35.6 Å². The van der Waals surface area contributed by atoms with Gasteiger partial charge in [0.15, 0.2) is 0 Å². The molecule has 0 aliphatic rings. The first-order valence-electron chi connectivity index (χ1n) is 8.70. The predicted molar refractivity (Wildman–Crippen MR) is 109 cm³/mol. The maximum Gasteiger partial charge on any atom is 0.256 e.